The maximum Gasteiger partial charge on any atom is 0.239 e. The molecule has 2 aromatic heterocycles. The van der Waals surface area contributed by atoms with Crippen LogP contribution in [0.25, 0.3) is 0 Å². The van der Waals surface area contributed by atoms with Gasteiger partial charge >= 0.3 is 0 Å². The number of benzene rings is 1. The number of nitrogens with zero attached hydrogens (tertiary/aromatic N) is 4. The van der Waals surface area contributed by atoms with E-state index in [0.717, 1.165) is 49.5 Å². The lowest BCUT2D eigenvalue weighted by molar-refractivity contribution is -0.117. The summed E-state index contributed by atoms with van der Waals surface area (Å²) in [6, 6.07) is 12.5. The number of pyridine rings is 1. The predicted molar refractivity (Wildman–Crippen MR) is 121 cm³/mol. The van der Waals surface area contributed by atoms with Gasteiger partial charge in [-0.1, -0.05) is 17.3 Å². The first-order valence-electron chi connectivity index (χ1n) is 10.9. The predicted octanol–water partition coefficient (Wildman–Crippen LogP) is 3.50. The van der Waals surface area contributed by atoms with Crippen molar-refractivity contribution in [3.05, 3.63) is 64.6 Å². The summed E-state index contributed by atoms with van der Waals surface area (Å²) in [6.07, 6.45) is 2.96. The molecule has 1 atom stereocenters. The van der Waals surface area contributed by atoms with Crippen LogP contribution in [0.2, 0.25) is 0 Å². The van der Waals surface area contributed by atoms with Crippen molar-refractivity contribution >= 4 is 11.7 Å². The number of rotatable bonds is 7. The van der Waals surface area contributed by atoms with Crippen molar-refractivity contribution in [3.63, 3.8) is 0 Å². The lowest BCUT2D eigenvalue weighted by Gasteiger charge is -2.32. The maximum absolute atomic E-state index is 12.4. The zero-order valence-electron chi connectivity index (χ0n) is 18.8. The van der Waals surface area contributed by atoms with E-state index in [-0.39, 0.29) is 5.91 Å². The van der Waals surface area contributed by atoms with E-state index in [9.17, 15) is 4.79 Å². The van der Waals surface area contributed by atoms with E-state index < -0.39 is 0 Å². The Morgan fingerprint density at radius 1 is 1.19 bits per heavy atom. The Morgan fingerprint density at radius 2 is 2.00 bits per heavy atom. The molecule has 0 radical (unpaired) electrons. The number of carbonyl (C=O) groups is 1. The second kappa shape index (κ2) is 9.91. The van der Waals surface area contributed by atoms with Gasteiger partial charge in [-0.2, -0.15) is 0 Å². The van der Waals surface area contributed by atoms with Crippen molar-refractivity contribution in [1.82, 2.24) is 20.2 Å². The van der Waals surface area contributed by atoms with Crippen LogP contribution in [0.15, 0.2) is 41.0 Å². The number of hydrogen-bond donors (Lipinski definition) is 1. The summed E-state index contributed by atoms with van der Waals surface area (Å²) in [7, 11) is 1.68. The van der Waals surface area contributed by atoms with Crippen LogP contribution in [0.3, 0.4) is 0 Å². The lowest BCUT2D eigenvalue weighted by atomic mass is 9.92. The molecule has 0 aliphatic carbocycles. The summed E-state index contributed by atoms with van der Waals surface area (Å²) < 4.78 is 9.90. The van der Waals surface area contributed by atoms with Crippen LogP contribution in [0.4, 0.5) is 5.82 Å². The zero-order chi connectivity index (χ0) is 22.5. The maximum atomic E-state index is 12.4. The van der Waals surface area contributed by atoms with Crippen molar-refractivity contribution in [2.75, 3.05) is 32.1 Å². The molecule has 1 saturated heterocycles. The van der Waals surface area contributed by atoms with Crippen LogP contribution in [-0.4, -0.2) is 52.8 Å². The number of amides is 1. The van der Waals surface area contributed by atoms with Crippen LogP contribution in [0.5, 0.6) is 5.75 Å². The van der Waals surface area contributed by atoms with Crippen molar-refractivity contribution in [2.24, 2.45) is 0 Å². The molecule has 0 bridgehead atoms. The number of ether oxygens (including phenoxy) is 1. The molecule has 0 unspecified atom stereocenters. The number of nitrogens with one attached hydrogen (secondary N) is 1. The molecule has 8 heteroatoms. The largest absolute Gasteiger partial charge is 0.497 e. The highest BCUT2D eigenvalue weighted by Gasteiger charge is 2.25. The molecule has 168 valence electrons. The highest BCUT2D eigenvalue weighted by atomic mass is 16.6. The highest BCUT2D eigenvalue weighted by Crippen LogP contribution is 2.27. The summed E-state index contributed by atoms with van der Waals surface area (Å²) >= 11 is 0. The zero-order valence-corrected chi connectivity index (χ0v) is 18.8. The first-order valence-corrected chi connectivity index (χ1v) is 10.9. The summed E-state index contributed by atoms with van der Waals surface area (Å²) in [6.45, 7) is 5.80. The van der Waals surface area contributed by atoms with Gasteiger partial charge < -0.3 is 10.1 Å². The Balaban J connectivity index is 1.41. The lowest BCUT2D eigenvalue weighted by Crippen LogP contribution is -2.40. The third-order valence-electron chi connectivity index (χ3n) is 5.80. The molecule has 8 nitrogen and oxygen atoms in total. The molecule has 3 heterocycles. The number of aromatic nitrogens is 3. The van der Waals surface area contributed by atoms with Crippen LogP contribution >= 0.6 is 0 Å². The summed E-state index contributed by atoms with van der Waals surface area (Å²) in [5.74, 6) is 1.44. The van der Waals surface area contributed by atoms with Gasteiger partial charge in [0.25, 0.3) is 0 Å². The molecule has 1 N–H and O–H groups in total. The molecule has 3 aromatic rings. The summed E-state index contributed by atoms with van der Waals surface area (Å²) in [4.78, 5) is 19.5. The Bertz CT molecular complexity index is 1060. The minimum atomic E-state index is -0.109. The number of hydrogen-bond acceptors (Lipinski definition) is 7. The van der Waals surface area contributed by atoms with E-state index in [0.29, 0.717) is 24.0 Å². The summed E-state index contributed by atoms with van der Waals surface area (Å²) in [5.41, 5.74) is 5.19. The number of carbonyl (C=O) groups excluding carboxylic acids is 1. The number of piperidine rings is 1. The van der Waals surface area contributed by atoms with Gasteiger partial charge in [-0.3, -0.25) is 14.7 Å². The molecule has 1 aromatic carbocycles. The molecule has 0 spiro atoms. The minimum absolute atomic E-state index is 0.109. The van der Waals surface area contributed by atoms with Crippen molar-refractivity contribution in [1.29, 1.82) is 0 Å². The smallest absolute Gasteiger partial charge is 0.239 e. The second-order valence-corrected chi connectivity index (χ2v) is 8.39. The molecular weight excluding hydrogens is 406 g/mol. The quantitative estimate of drug-likeness (QED) is 0.607. The third kappa shape index (κ3) is 5.50. The molecule has 32 heavy (non-hydrogen) atoms. The Hall–Kier alpha value is -3.26. The van der Waals surface area contributed by atoms with Crippen LogP contribution in [-0.2, 0) is 11.2 Å². The van der Waals surface area contributed by atoms with Gasteiger partial charge in [-0.05, 0) is 80.2 Å². The SMILES string of the molecule is COc1ccc(Cc2cc(C)nc([C@@H]3CCCN(CC(=O)Nc4nonc4C)C3)c2)cc1. The molecule has 4 rings (SSSR count). The summed E-state index contributed by atoms with van der Waals surface area (Å²) in [5, 5.41) is 10.2. The fraction of sp³-hybridized carbons (Fsp3) is 0.417. The van der Waals surface area contributed by atoms with E-state index in [1.165, 1.54) is 11.1 Å². The minimum Gasteiger partial charge on any atom is -0.497 e. The molecule has 1 amide bonds. The van der Waals surface area contributed by atoms with E-state index >= 15 is 0 Å². The van der Waals surface area contributed by atoms with E-state index in [1.807, 2.05) is 19.1 Å². The van der Waals surface area contributed by atoms with Crippen molar-refractivity contribution < 1.29 is 14.2 Å². The Kier molecular flexibility index (Phi) is 6.80. The molecule has 0 saturated carbocycles. The van der Waals surface area contributed by atoms with Gasteiger partial charge in [0, 0.05) is 23.9 Å². The highest BCUT2D eigenvalue weighted by molar-refractivity contribution is 5.91. The third-order valence-corrected chi connectivity index (χ3v) is 5.80. The van der Waals surface area contributed by atoms with Gasteiger partial charge in [0.1, 0.15) is 11.4 Å². The average molecular weight is 436 g/mol. The van der Waals surface area contributed by atoms with Crippen molar-refractivity contribution in [3.8, 4) is 5.75 Å². The fourth-order valence-electron chi connectivity index (χ4n) is 4.22. The van der Waals surface area contributed by atoms with Crippen LogP contribution in [0.1, 0.15) is 47.0 Å². The van der Waals surface area contributed by atoms with Gasteiger partial charge in [-0.15, -0.1) is 0 Å². The van der Waals surface area contributed by atoms with E-state index in [1.54, 1.807) is 14.0 Å². The second-order valence-electron chi connectivity index (χ2n) is 8.39. The molecular formula is C24H29N5O3. The average Bonchev–Trinajstić information content (AvgIpc) is 3.18. The number of likely N-dealkylation sites (tertiary alicyclic amines) is 1. The Labute approximate surface area is 187 Å². The number of aryl methyl sites for hydroxylation is 2. The van der Waals surface area contributed by atoms with E-state index in [2.05, 4.69) is 49.4 Å². The van der Waals surface area contributed by atoms with Crippen LogP contribution < -0.4 is 10.1 Å². The normalized spacial score (nSPS) is 16.7. The molecule has 1 aliphatic heterocycles. The fourth-order valence-corrected chi connectivity index (χ4v) is 4.22. The van der Waals surface area contributed by atoms with Gasteiger partial charge in [0.15, 0.2) is 5.82 Å². The molecule has 1 fully saturated rings. The number of anilines is 1. The van der Waals surface area contributed by atoms with Gasteiger partial charge in [0.2, 0.25) is 5.91 Å². The standard InChI is InChI=1S/C24H29N5O3/c1-16-11-19(12-18-6-8-21(31-3)9-7-18)13-22(25-16)20-5-4-10-29(14-20)15-23(30)26-24-17(2)27-32-28-24/h6-9,11,13,20H,4-5,10,12,14-15H2,1-3H3,(H,26,28,30)/t20-/m1/s1. The Morgan fingerprint density at radius 3 is 2.72 bits per heavy atom. The van der Waals surface area contributed by atoms with Crippen molar-refractivity contribution in [2.45, 2.75) is 39.0 Å². The molecule has 1 aliphatic rings. The number of methoxy groups -OCH3 is 1. The van der Waals surface area contributed by atoms with Gasteiger partial charge in [0.05, 0.1) is 13.7 Å². The monoisotopic (exact) mass is 435 g/mol. The van der Waals surface area contributed by atoms with E-state index in [4.69, 9.17) is 9.72 Å². The first kappa shape index (κ1) is 22.0. The van der Waals surface area contributed by atoms with Crippen LogP contribution in [0, 0.1) is 13.8 Å². The topological polar surface area (TPSA) is 93.4 Å². The first-order chi connectivity index (χ1) is 15.5. The van der Waals surface area contributed by atoms with Gasteiger partial charge in [-0.25, -0.2) is 4.63 Å².